The summed E-state index contributed by atoms with van der Waals surface area (Å²) in [4.78, 5) is 0. The van der Waals surface area contributed by atoms with Crippen molar-refractivity contribution in [2.75, 3.05) is 19.8 Å². The maximum atomic E-state index is 13.6. The highest BCUT2D eigenvalue weighted by Gasteiger charge is 2.29. The van der Waals surface area contributed by atoms with Crippen molar-refractivity contribution in [1.82, 2.24) is 5.32 Å². The van der Waals surface area contributed by atoms with Crippen LogP contribution in [0.2, 0.25) is 0 Å². The minimum atomic E-state index is -0.830. The largest absolute Gasteiger partial charge is 0.381 e. The van der Waals surface area contributed by atoms with Gasteiger partial charge < -0.3 is 10.1 Å². The lowest BCUT2D eigenvalue weighted by molar-refractivity contribution is 0.177. The number of ether oxygens (including phenoxy) is 1. The molecule has 0 saturated carbocycles. The molecule has 0 radical (unpaired) electrons. The Bertz CT molecular complexity index is 422. The van der Waals surface area contributed by atoms with Gasteiger partial charge in [0.05, 0.1) is 11.1 Å². The third kappa shape index (κ3) is 2.73. The molecule has 1 aliphatic rings. The van der Waals surface area contributed by atoms with Gasteiger partial charge in [0.25, 0.3) is 0 Å². The van der Waals surface area contributed by atoms with Crippen LogP contribution < -0.4 is 5.32 Å². The summed E-state index contributed by atoms with van der Waals surface area (Å²) < 4.78 is 32.3. The molecule has 2 rings (SSSR count). The van der Waals surface area contributed by atoms with Crippen molar-refractivity contribution in [2.24, 2.45) is 5.92 Å². The highest BCUT2D eigenvalue weighted by molar-refractivity contribution is 9.10. The van der Waals surface area contributed by atoms with E-state index in [-0.39, 0.29) is 10.5 Å². The molecule has 18 heavy (non-hydrogen) atoms. The fourth-order valence-electron chi connectivity index (χ4n) is 2.35. The van der Waals surface area contributed by atoms with Crippen LogP contribution in [0.15, 0.2) is 16.6 Å². The molecule has 1 aromatic carbocycles. The van der Waals surface area contributed by atoms with Crippen LogP contribution in [0.4, 0.5) is 8.78 Å². The Kier molecular flexibility index (Phi) is 4.70. The smallest absolute Gasteiger partial charge is 0.173 e. The molecule has 2 atom stereocenters. The Hall–Kier alpha value is -0.520. The third-order valence-corrected chi connectivity index (χ3v) is 4.07. The average Bonchev–Trinajstić information content (AvgIpc) is 2.88. The first-order chi connectivity index (χ1) is 8.65. The zero-order valence-corrected chi connectivity index (χ0v) is 11.8. The summed E-state index contributed by atoms with van der Waals surface area (Å²) in [6.07, 6.45) is 0.934. The highest BCUT2D eigenvalue weighted by Crippen LogP contribution is 2.34. The van der Waals surface area contributed by atoms with Crippen molar-refractivity contribution in [3.8, 4) is 0 Å². The van der Waals surface area contributed by atoms with Crippen LogP contribution in [0.1, 0.15) is 24.9 Å². The van der Waals surface area contributed by atoms with Crippen LogP contribution in [0, 0.1) is 17.6 Å². The lowest BCUT2D eigenvalue weighted by atomic mass is 9.92. The first-order valence-electron chi connectivity index (χ1n) is 6.09. The van der Waals surface area contributed by atoms with Gasteiger partial charge >= 0.3 is 0 Å². The Morgan fingerprint density at radius 1 is 1.50 bits per heavy atom. The Morgan fingerprint density at radius 2 is 2.28 bits per heavy atom. The maximum absolute atomic E-state index is 13.6. The van der Waals surface area contributed by atoms with E-state index in [0.29, 0.717) is 12.5 Å². The molecule has 1 heterocycles. The van der Waals surface area contributed by atoms with E-state index in [1.165, 1.54) is 6.07 Å². The van der Waals surface area contributed by atoms with Crippen molar-refractivity contribution in [1.29, 1.82) is 0 Å². The number of hydrogen-bond acceptors (Lipinski definition) is 2. The molecular weight excluding hydrogens is 304 g/mol. The van der Waals surface area contributed by atoms with Crippen LogP contribution in [0.3, 0.4) is 0 Å². The third-order valence-electron chi connectivity index (χ3n) is 3.26. The minimum Gasteiger partial charge on any atom is -0.381 e. The Balaban J connectivity index is 2.32. The van der Waals surface area contributed by atoms with Gasteiger partial charge in [0, 0.05) is 18.6 Å². The van der Waals surface area contributed by atoms with Gasteiger partial charge in [0.1, 0.15) is 0 Å². The van der Waals surface area contributed by atoms with Gasteiger partial charge in [0.2, 0.25) is 0 Å². The van der Waals surface area contributed by atoms with Gasteiger partial charge in [-0.1, -0.05) is 13.0 Å². The normalized spacial score (nSPS) is 21.2. The van der Waals surface area contributed by atoms with E-state index >= 15 is 0 Å². The van der Waals surface area contributed by atoms with Crippen molar-refractivity contribution < 1.29 is 13.5 Å². The van der Waals surface area contributed by atoms with E-state index in [2.05, 4.69) is 21.2 Å². The molecular formula is C13H16BrF2NO. The van der Waals surface area contributed by atoms with Gasteiger partial charge in [-0.25, -0.2) is 8.78 Å². The summed E-state index contributed by atoms with van der Waals surface area (Å²) in [5, 5.41) is 3.33. The average molecular weight is 320 g/mol. The standard InChI is InChI=1S/C13H16BrF2NO/c1-2-17-13(8-5-6-18-7-8)9-3-4-10(15)12(16)11(9)14/h3-4,8,13,17H,2,5-7H2,1H3. The molecule has 1 aromatic rings. The monoisotopic (exact) mass is 319 g/mol. The quantitative estimate of drug-likeness (QED) is 0.859. The summed E-state index contributed by atoms with van der Waals surface area (Å²) in [5.74, 6) is -1.36. The Morgan fingerprint density at radius 3 is 2.89 bits per heavy atom. The molecule has 1 saturated heterocycles. The second-order valence-corrected chi connectivity index (χ2v) is 5.22. The van der Waals surface area contributed by atoms with E-state index < -0.39 is 11.6 Å². The van der Waals surface area contributed by atoms with Crippen molar-refractivity contribution in [2.45, 2.75) is 19.4 Å². The first-order valence-corrected chi connectivity index (χ1v) is 6.89. The van der Waals surface area contributed by atoms with Crippen molar-refractivity contribution >= 4 is 15.9 Å². The van der Waals surface area contributed by atoms with E-state index in [9.17, 15) is 8.78 Å². The number of rotatable bonds is 4. The summed E-state index contributed by atoms with van der Waals surface area (Å²) in [5.41, 5.74) is 0.756. The summed E-state index contributed by atoms with van der Waals surface area (Å²) in [7, 11) is 0. The topological polar surface area (TPSA) is 21.3 Å². The van der Waals surface area contributed by atoms with Gasteiger partial charge in [-0.05, 0) is 40.5 Å². The molecule has 1 fully saturated rings. The van der Waals surface area contributed by atoms with Crippen molar-refractivity contribution in [3.05, 3.63) is 33.8 Å². The maximum Gasteiger partial charge on any atom is 0.173 e. The molecule has 0 bridgehead atoms. The first kappa shape index (κ1) is 13.9. The van der Waals surface area contributed by atoms with Crippen LogP contribution in [0.25, 0.3) is 0 Å². The summed E-state index contributed by atoms with van der Waals surface area (Å²) >= 11 is 3.15. The fraction of sp³-hybridized carbons (Fsp3) is 0.538. The number of nitrogens with one attached hydrogen (secondary N) is 1. The lowest BCUT2D eigenvalue weighted by Gasteiger charge is -2.25. The predicted octanol–water partition coefficient (Wildman–Crippen LogP) is 3.41. The SMILES string of the molecule is CCNC(c1ccc(F)c(F)c1Br)C1CCOC1. The van der Waals surface area contributed by atoms with Gasteiger partial charge in [0.15, 0.2) is 11.6 Å². The molecule has 0 aromatic heterocycles. The summed E-state index contributed by atoms with van der Waals surface area (Å²) in [6, 6.07) is 2.80. The molecule has 1 aliphatic heterocycles. The zero-order valence-electron chi connectivity index (χ0n) is 10.2. The van der Waals surface area contributed by atoms with E-state index in [4.69, 9.17) is 4.74 Å². The second kappa shape index (κ2) is 6.08. The molecule has 2 nitrogen and oxygen atoms in total. The molecule has 100 valence electrons. The molecule has 5 heteroatoms. The Labute approximate surface area is 114 Å². The van der Waals surface area contributed by atoms with E-state index in [1.807, 2.05) is 6.92 Å². The molecule has 0 spiro atoms. The number of benzene rings is 1. The van der Waals surface area contributed by atoms with Gasteiger partial charge in [-0.2, -0.15) is 0 Å². The predicted molar refractivity (Wildman–Crippen MR) is 69.4 cm³/mol. The number of halogens is 3. The van der Waals surface area contributed by atoms with Gasteiger partial charge in [-0.3, -0.25) is 0 Å². The number of hydrogen-bond donors (Lipinski definition) is 1. The minimum absolute atomic E-state index is 0.0121. The van der Waals surface area contributed by atoms with Crippen LogP contribution >= 0.6 is 15.9 Å². The highest BCUT2D eigenvalue weighted by atomic mass is 79.9. The van der Waals surface area contributed by atoms with Crippen LogP contribution in [-0.4, -0.2) is 19.8 Å². The molecule has 0 amide bonds. The van der Waals surface area contributed by atoms with Crippen LogP contribution in [-0.2, 0) is 4.74 Å². The molecule has 2 unspecified atom stereocenters. The molecule has 1 N–H and O–H groups in total. The van der Waals surface area contributed by atoms with E-state index in [1.54, 1.807) is 6.07 Å². The second-order valence-electron chi connectivity index (χ2n) is 4.42. The lowest BCUT2D eigenvalue weighted by Crippen LogP contribution is -2.29. The van der Waals surface area contributed by atoms with E-state index in [0.717, 1.165) is 25.1 Å². The summed E-state index contributed by atoms with van der Waals surface area (Å²) in [6.45, 7) is 4.15. The van der Waals surface area contributed by atoms with Crippen LogP contribution in [0.5, 0.6) is 0 Å². The molecule has 0 aliphatic carbocycles. The zero-order chi connectivity index (χ0) is 13.1. The fourth-order valence-corrected chi connectivity index (χ4v) is 2.92. The van der Waals surface area contributed by atoms with Crippen molar-refractivity contribution in [3.63, 3.8) is 0 Å². The van der Waals surface area contributed by atoms with Gasteiger partial charge in [-0.15, -0.1) is 0 Å².